The molecule has 0 aliphatic rings. The second-order valence-electron chi connectivity index (χ2n) is 3.69. The monoisotopic (exact) mass is 287 g/mol. The number of halogens is 1. The molecular formula is C14H10ClN3O2. The van der Waals surface area contributed by atoms with E-state index in [0.29, 0.717) is 16.3 Å². The van der Waals surface area contributed by atoms with E-state index >= 15 is 0 Å². The van der Waals surface area contributed by atoms with Crippen molar-refractivity contribution in [2.45, 2.75) is 0 Å². The molecule has 0 aliphatic heterocycles. The van der Waals surface area contributed by atoms with Gasteiger partial charge in [0.15, 0.2) is 0 Å². The average Bonchev–Trinajstić information content (AvgIpc) is 2.48. The number of aliphatic hydroxyl groups is 1. The molecule has 2 N–H and O–H groups in total. The van der Waals surface area contributed by atoms with E-state index in [-0.39, 0.29) is 12.3 Å². The number of aromatic nitrogens is 2. The fourth-order valence-corrected chi connectivity index (χ4v) is 1.64. The number of aliphatic hydroxyl groups excluding tert-OH is 1. The third-order valence-corrected chi connectivity index (χ3v) is 2.56. The van der Waals surface area contributed by atoms with Crippen molar-refractivity contribution >= 4 is 23.2 Å². The SMILES string of the molecule is O=C(Nc1ccc(Cl)cc1C#CCO)c1cnccn1. The predicted octanol–water partition coefficient (Wildman–Crippen LogP) is 1.73. The van der Waals surface area contributed by atoms with Gasteiger partial charge in [0.25, 0.3) is 5.91 Å². The topological polar surface area (TPSA) is 75.1 Å². The van der Waals surface area contributed by atoms with Crippen LogP contribution in [0, 0.1) is 11.8 Å². The Morgan fingerprint density at radius 2 is 2.25 bits per heavy atom. The van der Waals surface area contributed by atoms with Crippen molar-refractivity contribution in [1.29, 1.82) is 0 Å². The van der Waals surface area contributed by atoms with Gasteiger partial charge in [0.05, 0.1) is 11.9 Å². The van der Waals surface area contributed by atoms with Gasteiger partial charge < -0.3 is 10.4 Å². The molecule has 2 aromatic rings. The van der Waals surface area contributed by atoms with Crippen LogP contribution in [0.5, 0.6) is 0 Å². The molecule has 0 aliphatic carbocycles. The number of benzene rings is 1. The van der Waals surface area contributed by atoms with Crippen LogP contribution < -0.4 is 5.32 Å². The molecule has 5 nitrogen and oxygen atoms in total. The van der Waals surface area contributed by atoms with E-state index in [1.165, 1.54) is 18.6 Å². The molecule has 1 heterocycles. The minimum Gasteiger partial charge on any atom is -0.384 e. The third kappa shape index (κ3) is 3.54. The lowest BCUT2D eigenvalue weighted by molar-refractivity contribution is 0.102. The van der Waals surface area contributed by atoms with Gasteiger partial charge in [-0.3, -0.25) is 9.78 Å². The number of carbonyl (C=O) groups excluding carboxylic acids is 1. The third-order valence-electron chi connectivity index (χ3n) is 2.33. The highest BCUT2D eigenvalue weighted by Gasteiger charge is 2.10. The molecule has 0 saturated carbocycles. The first-order chi connectivity index (χ1) is 9.70. The normalized spacial score (nSPS) is 9.50. The van der Waals surface area contributed by atoms with E-state index in [0.717, 1.165) is 0 Å². The fraction of sp³-hybridized carbons (Fsp3) is 0.0714. The minimum atomic E-state index is -0.396. The molecule has 1 aromatic heterocycles. The van der Waals surface area contributed by atoms with E-state index in [9.17, 15) is 4.79 Å². The molecule has 0 bridgehead atoms. The highest BCUT2D eigenvalue weighted by atomic mass is 35.5. The summed E-state index contributed by atoms with van der Waals surface area (Å²) in [6.07, 6.45) is 4.28. The van der Waals surface area contributed by atoms with Gasteiger partial charge in [-0.2, -0.15) is 0 Å². The number of anilines is 1. The molecule has 1 aromatic carbocycles. The zero-order valence-corrected chi connectivity index (χ0v) is 11.1. The van der Waals surface area contributed by atoms with E-state index in [1.54, 1.807) is 18.2 Å². The second kappa shape index (κ2) is 6.66. The first kappa shape index (κ1) is 14.0. The lowest BCUT2D eigenvalue weighted by Crippen LogP contribution is -2.14. The Labute approximate surface area is 120 Å². The molecule has 0 fully saturated rings. The van der Waals surface area contributed by atoms with E-state index in [2.05, 4.69) is 27.1 Å². The van der Waals surface area contributed by atoms with Crippen molar-refractivity contribution in [3.63, 3.8) is 0 Å². The maximum absolute atomic E-state index is 12.0. The van der Waals surface area contributed by atoms with Crippen LogP contribution in [-0.2, 0) is 0 Å². The van der Waals surface area contributed by atoms with Crippen LogP contribution in [0.1, 0.15) is 16.1 Å². The standard InChI is InChI=1S/C14H10ClN3O2/c15-11-3-4-12(10(8-11)2-1-7-19)18-14(20)13-9-16-5-6-17-13/h3-6,8-9,19H,7H2,(H,18,20). The van der Waals surface area contributed by atoms with E-state index in [4.69, 9.17) is 16.7 Å². The van der Waals surface area contributed by atoms with Crippen molar-refractivity contribution < 1.29 is 9.90 Å². The lowest BCUT2D eigenvalue weighted by Gasteiger charge is -2.07. The van der Waals surface area contributed by atoms with Crippen LogP contribution in [-0.4, -0.2) is 27.6 Å². The Bertz CT molecular complexity index is 678. The van der Waals surface area contributed by atoms with Gasteiger partial charge in [-0.05, 0) is 18.2 Å². The molecule has 1 amide bonds. The van der Waals surface area contributed by atoms with Crippen LogP contribution >= 0.6 is 11.6 Å². The van der Waals surface area contributed by atoms with Crippen molar-refractivity contribution in [2.75, 3.05) is 11.9 Å². The number of rotatable bonds is 2. The average molecular weight is 288 g/mol. The molecule has 0 saturated heterocycles. The Morgan fingerprint density at radius 3 is 2.95 bits per heavy atom. The number of hydrogen-bond donors (Lipinski definition) is 2. The summed E-state index contributed by atoms with van der Waals surface area (Å²) in [4.78, 5) is 19.7. The first-order valence-corrected chi connectivity index (χ1v) is 6.05. The predicted molar refractivity (Wildman–Crippen MR) is 75.4 cm³/mol. The smallest absolute Gasteiger partial charge is 0.275 e. The van der Waals surface area contributed by atoms with Gasteiger partial charge in [0.1, 0.15) is 12.3 Å². The molecule has 2 rings (SSSR count). The largest absolute Gasteiger partial charge is 0.384 e. The quantitative estimate of drug-likeness (QED) is 0.825. The van der Waals surface area contributed by atoms with Crippen LogP contribution in [0.15, 0.2) is 36.8 Å². The van der Waals surface area contributed by atoms with Crippen LogP contribution in [0.2, 0.25) is 5.02 Å². The maximum atomic E-state index is 12.0. The summed E-state index contributed by atoms with van der Waals surface area (Å²) in [5.74, 6) is 4.84. The van der Waals surface area contributed by atoms with Gasteiger partial charge >= 0.3 is 0 Å². The van der Waals surface area contributed by atoms with Gasteiger partial charge in [0, 0.05) is 23.0 Å². The molecule has 0 radical (unpaired) electrons. The summed E-state index contributed by atoms with van der Waals surface area (Å²) in [7, 11) is 0. The summed E-state index contributed by atoms with van der Waals surface area (Å²) in [6, 6.07) is 4.88. The molecule has 100 valence electrons. The van der Waals surface area contributed by atoms with E-state index < -0.39 is 5.91 Å². The number of nitrogens with one attached hydrogen (secondary N) is 1. The van der Waals surface area contributed by atoms with Crippen molar-refractivity contribution in [3.8, 4) is 11.8 Å². The second-order valence-corrected chi connectivity index (χ2v) is 4.13. The number of amides is 1. The molecular weight excluding hydrogens is 278 g/mol. The summed E-state index contributed by atoms with van der Waals surface area (Å²) in [5, 5.41) is 11.9. The number of hydrogen-bond acceptors (Lipinski definition) is 4. The number of carbonyl (C=O) groups is 1. The maximum Gasteiger partial charge on any atom is 0.275 e. The minimum absolute atomic E-state index is 0.198. The van der Waals surface area contributed by atoms with Crippen LogP contribution in [0.25, 0.3) is 0 Å². The zero-order chi connectivity index (χ0) is 14.4. The first-order valence-electron chi connectivity index (χ1n) is 5.67. The molecule has 6 heteroatoms. The van der Waals surface area contributed by atoms with Gasteiger partial charge in [-0.25, -0.2) is 4.98 Å². The highest BCUT2D eigenvalue weighted by molar-refractivity contribution is 6.30. The molecule has 20 heavy (non-hydrogen) atoms. The Hall–Kier alpha value is -2.42. The zero-order valence-electron chi connectivity index (χ0n) is 10.3. The van der Waals surface area contributed by atoms with Crippen LogP contribution in [0.4, 0.5) is 5.69 Å². The molecule has 0 unspecified atom stereocenters. The van der Waals surface area contributed by atoms with Crippen molar-refractivity contribution in [1.82, 2.24) is 9.97 Å². The summed E-state index contributed by atoms with van der Waals surface area (Å²) in [6.45, 7) is -0.274. The fourth-order valence-electron chi connectivity index (χ4n) is 1.47. The van der Waals surface area contributed by atoms with Crippen LogP contribution in [0.3, 0.4) is 0 Å². The lowest BCUT2D eigenvalue weighted by atomic mass is 10.1. The summed E-state index contributed by atoms with van der Waals surface area (Å²) < 4.78 is 0. The van der Waals surface area contributed by atoms with Gasteiger partial charge in [-0.1, -0.05) is 23.4 Å². The van der Waals surface area contributed by atoms with Gasteiger partial charge in [0.2, 0.25) is 0 Å². The Kier molecular flexibility index (Phi) is 4.66. The summed E-state index contributed by atoms with van der Waals surface area (Å²) in [5.41, 5.74) is 1.21. The summed E-state index contributed by atoms with van der Waals surface area (Å²) >= 11 is 5.88. The Morgan fingerprint density at radius 1 is 1.40 bits per heavy atom. The van der Waals surface area contributed by atoms with Crippen molar-refractivity contribution in [2.24, 2.45) is 0 Å². The molecule has 0 spiro atoms. The number of nitrogens with zero attached hydrogens (tertiary/aromatic N) is 2. The Balaban J connectivity index is 2.27. The van der Waals surface area contributed by atoms with E-state index in [1.807, 2.05) is 0 Å². The van der Waals surface area contributed by atoms with Crippen molar-refractivity contribution in [3.05, 3.63) is 53.1 Å². The molecule has 0 atom stereocenters. The van der Waals surface area contributed by atoms with Gasteiger partial charge in [-0.15, -0.1) is 0 Å². The highest BCUT2D eigenvalue weighted by Crippen LogP contribution is 2.20.